The Hall–Kier alpha value is -1.43. The Morgan fingerprint density at radius 2 is 1.42 bits per heavy atom. The third-order valence-corrected chi connectivity index (χ3v) is 2.53. The molecule has 0 bridgehead atoms. The van der Waals surface area contributed by atoms with Crippen LogP contribution < -0.4 is 0 Å². The molecular formula is C13H25N3O2S. The molecule has 0 fully saturated rings. The van der Waals surface area contributed by atoms with Crippen molar-refractivity contribution >= 4 is 21.1 Å². The Morgan fingerprint density at radius 3 is 1.89 bits per heavy atom. The van der Waals surface area contributed by atoms with Gasteiger partial charge in [0.1, 0.15) is 11.0 Å². The number of para-hydroxylation sites is 1. The van der Waals surface area contributed by atoms with Crippen molar-refractivity contribution in [3.05, 3.63) is 24.3 Å². The van der Waals surface area contributed by atoms with E-state index >= 15 is 0 Å². The summed E-state index contributed by atoms with van der Waals surface area (Å²) in [5.41, 5.74) is 1.08. The second-order valence-corrected chi connectivity index (χ2v) is 4.50. The van der Waals surface area contributed by atoms with Gasteiger partial charge in [0, 0.05) is 0 Å². The molecule has 0 spiro atoms. The Labute approximate surface area is 116 Å². The van der Waals surface area contributed by atoms with E-state index in [2.05, 4.69) is 10.3 Å². The monoisotopic (exact) mass is 287 g/mol. The maximum Gasteiger partial charge on any atom is 0.252 e. The summed E-state index contributed by atoms with van der Waals surface area (Å²) in [4.78, 5) is 0. The van der Waals surface area contributed by atoms with Gasteiger partial charge in [-0.2, -0.15) is 0 Å². The summed E-state index contributed by atoms with van der Waals surface area (Å²) >= 11 is 0. The number of fused-ring (bicyclic) bond motifs is 1. The molecule has 19 heavy (non-hydrogen) atoms. The van der Waals surface area contributed by atoms with Crippen molar-refractivity contribution in [2.75, 3.05) is 6.26 Å². The van der Waals surface area contributed by atoms with Crippen LogP contribution in [0.1, 0.15) is 41.5 Å². The molecule has 0 aliphatic rings. The van der Waals surface area contributed by atoms with E-state index in [4.69, 9.17) is 0 Å². The van der Waals surface area contributed by atoms with Gasteiger partial charge in [0.2, 0.25) is 0 Å². The van der Waals surface area contributed by atoms with Crippen molar-refractivity contribution < 1.29 is 8.42 Å². The summed E-state index contributed by atoms with van der Waals surface area (Å²) in [6.07, 6.45) is 1.09. The van der Waals surface area contributed by atoms with Crippen LogP contribution in [0.4, 0.5) is 0 Å². The summed E-state index contributed by atoms with van der Waals surface area (Å²) in [5.74, 6) is 0. The van der Waals surface area contributed by atoms with E-state index in [0.717, 1.165) is 10.3 Å². The quantitative estimate of drug-likeness (QED) is 0.807. The minimum atomic E-state index is -3.34. The molecule has 0 saturated carbocycles. The summed E-state index contributed by atoms with van der Waals surface area (Å²) < 4.78 is 23.3. The van der Waals surface area contributed by atoms with Crippen molar-refractivity contribution in [1.82, 2.24) is 14.4 Å². The molecule has 0 amide bonds. The Kier molecular flexibility index (Phi) is 11.0. The number of hydrogen-bond donors (Lipinski definition) is 0. The second kappa shape index (κ2) is 10.5. The zero-order chi connectivity index (χ0) is 15.5. The molecule has 0 saturated heterocycles. The maximum absolute atomic E-state index is 11.2. The van der Waals surface area contributed by atoms with Gasteiger partial charge in [-0.05, 0) is 12.1 Å². The second-order valence-electron chi connectivity index (χ2n) is 2.68. The first-order valence-electron chi connectivity index (χ1n) is 6.60. The standard InChI is InChI=1S/C7H7N3O2S.3C2H6/c1-13(11,12)10-7-5-3-2-4-6(7)8-9-10;3*1-2/h2-5H,1H3;3*1-2H3. The van der Waals surface area contributed by atoms with Crippen LogP contribution in [0.2, 0.25) is 0 Å². The van der Waals surface area contributed by atoms with E-state index in [1.54, 1.807) is 24.3 Å². The summed E-state index contributed by atoms with van der Waals surface area (Å²) in [6.45, 7) is 12.0. The van der Waals surface area contributed by atoms with Gasteiger partial charge < -0.3 is 0 Å². The molecule has 0 aliphatic carbocycles. The van der Waals surface area contributed by atoms with Crippen molar-refractivity contribution in [3.63, 3.8) is 0 Å². The molecule has 2 rings (SSSR count). The third kappa shape index (κ3) is 5.83. The fraction of sp³-hybridized carbons (Fsp3) is 0.538. The lowest BCUT2D eigenvalue weighted by Crippen LogP contribution is -2.11. The van der Waals surface area contributed by atoms with Crippen molar-refractivity contribution in [2.45, 2.75) is 41.5 Å². The molecule has 0 radical (unpaired) electrons. The van der Waals surface area contributed by atoms with Gasteiger partial charge in [0.05, 0.1) is 6.26 Å². The smallest absolute Gasteiger partial charge is 0.205 e. The Balaban J connectivity index is 0. The zero-order valence-corrected chi connectivity index (χ0v) is 13.7. The molecule has 5 nitrogen and oxygen atoms in total. The highest BCUT2D eigenvalue weighted by Gasteiger charge is 2.11. The molecule has 0 N–H and O–H groups in total. The van der Waals surface area contributed by atoms with Gasteiger partial charge in [-0.15, -0.1) is 9.19 Å². The van der Waals surface area contributed by atoms with Gasteiger partial charge in [0.25, 0.3) is 10.0 Å². The normalized spacial score (nSPS) is 9.21. The largest absolute Gasteiger partial charge is 0.252 e. The van der Waals surface area contributed by atoms with Crippen molar-refractivity contribution in [1.29, 1.82) is 0 Å². The predicted molar refractivity (Wildman–Crippen MR) is 81.8 cm³/mol. The fourth-order valence-corrected chi connectivity index (χ4v) is 1.77. The molecule has 6 heteroatoms. The minimum absolute atomic E-state index is 0.505. The first kappa shape index (κ1) is 19.9. The van der Waals surface area contributed by atoms with Crippen LogP contribution in [0, 0.1) is 0 Å². The predicted octanol–water partition coefficient (Wildman–Crippen LogP) is 3.32. The van der Waals surface area contributed by atoms with Crippen LogP contribution in [-0.2, 0) is 10.0 Å². The molecule has 1 aromatic heterocycles. The maximum atomic E-state index is 11.2. The molecule has 1 heterocycles. The number of rotatable bonds is 1. The average Bonchev–Trinajstić information content (AvgIpc) is 2.89. The zero-order valence-electron chi connectivity index (χ0n) is 12.9. The van der Waals surface area contributed by atoms with Gasteiger partial charge >= 0.3 is 0 Å². The van der Waals surface area contributed by atoms with Crippen molar-refractivity contribution in [3.8, 4) is 0 Å². The van der Waals surface area contributed by atoms with Crippen LogP contribution in [0.3, 0.4) is 0 Å². The third-order valence-electron chi connectivity index (χ3n) is 1.64. The van der Waals surface area contributed by atoms with E-state index in [1.807, 2.05) is 41.5 Å². The molecule has 110 valence electrons. The van der Waals surface area contributed by atoms with Crippen LogP contribution in [0.15, 0.2) is 24.3 Å². The van der Waals surface area contributed by atoms with Gasteiger partial charge in [0.15, 0.2) is 0 Å². The number of benzene rings is 1. The summed E-state index contributed by atoms with van der Waals surface area (Å²) in [6, 6.07) is 6.90. The highest BCUT2D eigenvalue weighted by atomic mass is 32.2. The minimum Gasteiger partial charge on any atom is -0.205 e. The SMILES string of the molecule is CC.CC.CC.CS(=O)(=O)n1nnc2ccccc21. The van der Waals surface area contributed by atoms with E-state index in [9.17, 15) is 8.42 Å². The summed E-state index contributed by atoms with van der Waals surface area (Å²) in [7, 11) is -3.34. The molecule has 0 unspecified atom stereocenters. The highest BCUT2D eigenvalue weighted by molar-refractivity contribution is 7.89. The lowest BCUT2D eigenvalue weighted by molar-refractivity contribution is 0.586. The fourth-order valence-electron chi connectivity index (χ4n) is 1.09. The molecular weight excluding hydrogens is 262 g/mol. The van der Waals surface area contributed by atoms with E-state index in [-0.39, 0.29) is 0 Å². The summed E-state index contributed by atoms with van der Waals surface area (Å²) in [5, 5.41) is 7.26. The molecule has 1 aromatic carbocycles. The Morgan fingerprint density at radius 1 is 0.947 bits per heavy atom. The number of nitrogens with zero attached hydrogens (tertiary/aromatic N) is 3. The van der Waals surface area contributed by atoms with Gasteiger partial charge in [-0.3, -0.25) is 0 Å². The van der Waals surface area contributed by atoms with E-state index in [0.29, 0.717) is 11.0 Å². The average molecular weight is 287 g/mol. The van der Waals surface area contributed by atoms with Crippen LogP contribution in [0.5, 0.6) is 0 Å². The van der Waals surface area contributed by atoms with Crippen LogP contribution >= 0.6 is 0 Å². The first-order chi connectivity index (χ1) is 9.09. The molecule has 0 atom stereocenters. The lowest BCUT2D eigenvalue weighted by Gasteiger charge is -1.95. The lowest BCUT2D eigenvalue weighted by atomic mass is 10.3. The van der Waals surface area contributed by atoms with Gasteiger partial charge in [-0.25, -0.2) is 8.42 Å². The number of aromatic nitrogens is 3. The first-order valence-corrected chi connectivity index (χ1v) is 8.45. The molecule has 0 aliphatic heterocycles. The molecule has 2 aromatic rings. The highest BCUT2D eigenvalue weighted by Crippen LogP contribution is 2.10. The topological polar surface area (TPSA) is 64.8 Å². The van der Waals surface area contributed by atoms with Crippen LogP contribution in [-0.4, -0.2) is 29.1 Å². The van der Waals surface area contributed by atoms with E-state index in [1.165, 1.54) is 0 Å². The van der Waals surface area contributed by atoms with Crippen LogP contribution in [0.25, 0.3) is 11.0 Å². The number of hydrogen-bond acceptors (Lipinski definition) is 4. The van der Waals surface area contributed by atoms with Gasteiger partial charge in [-0.1, -0.05) is 58.9 Å². The van der Waals surface area contributed by atoms with Crippen molar-refractivity contribution in [2.24, 2.45) is 0 Å². The van der Waals surface area contributed by atoms with E-state index < -0.39 is 10.0 Å². The Bertz CT molecular complexity index is 548.